The molecule has 8 heteroatoms. The van der Waals surface area contributed by atoms with Crippen molar-refractivity contribution in [3.05, 3.63) is 16.0 Å². The minimum atomic E-state index is -1.18. The van der Waals surface area contributed by atoms with Crippen LogP contribution in [0.4, 0.5) is 9.80 Å². The van der Waals surface area contributed by atoms with E-state index in [1.807, 2.05) is 0 Å². The van der Waals surface area contributed by atoms with Crippen molar-refractivity contribution in [1.82, 2.24) is 5.32 Å². The van der Waals surface area contributed by atoms with Gasteiger partial charge in [-0.1, -0.05) is 78.1 Å². The van der Waals surface area contributed by atoms with E-state index in [0.717, 1.165) is 49.9 Å². The van der Waals surface area contributed by atoms with Crippen LogP contribution >= 0.6 is 11.3 Å². The predicted molar refractivity (Wildman–Crippen MR) is 130 cm³/mol. The lowest BCUT2D eigenvalue weighted by Gasteiger charge is -2.07. The maximum Gasteiger partial charge on any atom is 0.348 e. The number of urea groups is 1. The molecule has 32 heavy (non-hydrogen) atoms. The van der Waals surface area contributed by atoms with Crippen molar-refractivity contribution in [3.8, 4) is 0 Å². The van der Waals surface area contributed by atoms with Gasteiger partial charge in [-0.25, -0.2) is 14.4 Å². The van der Waals surface area contributed by atoms with Crippen molar-refractivity contribution >= 4 is 34.3 Å². The van der Waals surface area contributed by atoms with Gasteiger partial charge in [0, 0.05) is 6.54 Å². The quantitative estimate of drug-likeness (QED) is 0.173. The van der Waals surface area contributed by atoms with Gasteiger partial charge in [0.1, 0.15) is 9.88 Å². The first-order valence-electron chi connectivity index (χ1n) is 12.0. The summed E-state index contributed by atoms with van der Waals surface area (Å²) in [6.07, 6.45) is 13.2. The molecule has 0 fully saturated rings. The van der Waals surface area contributed by atoms with E-state index in [0.29, 0.717) is 18.7 Å². The number of ether oxygens (including phenoxy) is 1. The molecule has 0 spiro atoms. The predicted octanol–water partition coefficient (Wildman–Crippen LogP) is 6.75. The number of hydrogen-bond donors (Lipinski definition) is 3. The third-order valence-electron chi connectivity index (χ3n) is 5.32. The molecule has 1 rings (SSSR count). The van der Waals surface area contributed by atoms with Gasteiger partial charge in [-0.2, -0.15) is 0 Å². The van der Waals surface area contributed by atoms with Gasteiger partial charge in [0.25, 0.3) is 0 Å². The molecular formula is C24H40N2O5S. The number of thiophene rings is 1. The molecule has 7 nitrogen and oxygen atoms in total. The lowest BCUT2D eigenvalue weighted by molar-refractivity contribution is 0.0502. The Kier molecular flexibility index (Phi) is 14.4. The molecule has 0 unspecified atom stereocenters. The van der Waals surface area contributed by atoms with E-state index in [2.05, 4.69) is 24.5 Å². The SMILES string of the molecule is CCCCCCCCNC(=O)Nc1sc(C(=O)OCCCCCCCC)c(C)c1C(=O)O. The van der Waals surface area contributed by atoms with Crippen molar-refractivity contribution in [2.75, 3.05) is 18.5 Å². The topological polar surface area (TPSA) is 105 Å². The number of anilines is 1. The summed E-state index contributed by atoms with van der Waals surface area (Å²) in [5.74, 6) is -1.72. The van der Waals surface area contributed by atoms with E-state index in [1.165, 1.54) is 38.5 Å². The minimum absolute atomic E-state index is 0.0590. The fraction of sp³-hybridized carbons (Fsp3) is 0.708. The average Bonchev–Trinajstić information content (AvgIpc) is 3.08. The molecule has 0 aliphatic carbocycles. The molecule has 2 amide bonds. The summed E-state index contributed by atoms with van der Waals surface area (Å²) in [6, 6.07) is -0.464. The summed E-state index contributed by atoms with van der Waals surface area (Å²) in [5, 5.41) is 15.1. The number of rotatable bonds is 17. The van der Waals surface area contributed by atoms with Gasteiger partial charge in [0.2, 0.25) is 0 Å². The lowest BCUT2D eigenvalue weighted by Crippen LogP contribution is -2.29. The van der Waals surface area contributed by atoms with Gasteiger partial charge in [-0.05, 0) is 25.3 Å². The normalized spacial score (nSPS) is 10.7. The summed E-state index contributed by atoms with van der Waals surface area (Å²) in [6.45, 7) is 6.74. The monoisotopic (exact) mass is 468 g/mol. The molecule has 0 saturated carbocycles. The van der Waals surface area contributed by atoms with E-state index in [-0.39, 0.29) is 15.4 Å². The summed E-state index contributed by atoms with van der Waals surface area (Å²) in [4.78, 5) is 36.6. The zero-order chi connectivity index (χ0) is 23.8. The van der Waals surface area contributed by atoms with Crippen molar-refractivity contribution in [1.29, 1.82) is 0 Å². The molecule has 0 radical (unpaired) electrons. The fourth-order valence-corrected chi connectivity index (χ4v) is 4.51. The van der Waals surface area contributed by atoms with Crippen LogP contribution in [-0.4, -0.2) is 36.2 Å². The summed E-state index contributed by atoms with van der Waals surface area (Å²) < 4.78 is 5.34. The molecule has 1 heterocycles. The fourth-order valence-electron chi connectivity index (χ4n) is 3.42. The van der Waals surface area contributed by atoms with E-state index in [4.69, 9.17) is 4.74 Å². The van der Waals surface area contributed by atoms with Crippen LogP contribution in [0.1, 0.15) is 116 Å². The van der Waals surface area contributed by atoms with Gasteiger partial charge >= 0.3 is 18.0 Å². The maximum atomic E-state index is 12.5. The Bertz CT molecular complexity index is 717. The van der Waals surface area contributed by atoms with Gasteiger partial charge in [0.15, 0.2) is 0 Å². The summed E-state index contributed by atoms with van der Waals surface area (Å²) >= 11 is 0.951. The lowest BCUT2D eigenvalue weighted by atomic mass is 10.1. The van der Waals surface area contributed by atoms with Crippen LogP contribution in [0.3, 0.4) is 0 Å². The van der Waals surface area contributed by atoms with Gasteiger partial charge in [0.05, 0.1) is 12.2 Å². The largest absolute Gasteiger partial charge is 0.478 e. The first kappa shape index (κ1) is 27.9. The van der Waals surface area contributed by atoms with Crippen LogP contribution in [0.15, 0.2) is 0 Å². The molecule has 0 aliphatic heterocycles. The maximum absolute atomic E-state index is 12.5. The Morgan fingerprint density at radius 1 is 0.875 bits per heavy atom. The molecule has 182 valence electrons. The standard InChI is InChI=1S/C24H40N2O5S/c1-4-6-8-10-12-14-16-25-24(30)26-21-19(22(27)28)18(3)20(32-21)23(29)31-17-15-13-11-9-7-5-2/h4-17H2,1-3H3,(H,27,28)(H2,25,26,30). The third kappa shape index (κ3) is 10.5. The van der Waals surface area contributed by atoms with Crippen LogP contribution in [0.25, 0.3) is 0 Å². The zero-order valence-corrected chi connectivity index (χ0v) is 20.7. The zero-order valence-electron chi connectivity index (χ0n) is 19.9. The van der Waals surface area contributed by atoms with E-state index < -0.39 is 18.0 Å². The molecule has 0 aliphatic rings. The number of nitrogens with one attached hydrogen (secondary N) is 2. The first-order chi connectivity index (χ1) is 15.4. The molecule has 0 saturated heterocycles. The van der Waals surface area contributed by atoms with Crippen molar-refractivity contribution in [3.63, 3.8) is 0 Å². The van der Waals surface area contributed by atoms with E-state index in [1.54, 1.807) is 6.92 Å². The number of carbonyl (C=O) groups excluding carboxylic acids is 2. The summed E-state index contributed by atoms with van der Waals surface area (Å²) in [5.41, 5.74) is 0.262. The van der Waals surface area contributed by atoms with Crippen molar-refractivity contribution < 1.29 is 24.2 Å². The molecule has 0 aromatic carbocycles. The van der Waals surface area contributed by atoms with Crippen molar-refractivity contribution in [2.24, 2.45) is 0 Å². The number of carboxylic acid groups (broad SMARTS) is 1. The minimum Gasteiger partial charge on any atom is -0.478 e. The second-order valence-corrected chi connectivity index (χ2v) is 9.14. The third-order valence-corrected chi connectivity index (χ3v) is 6.51. The van der Waals surface area contributed by atoms with Gasteiger partial charge in [-0.3, -0.25) is 5.32 Å². The van der Waals surface area contributed by atoms with Crippen LogP contribution in [0.2, 0.25) is 0 Å². The van der Waals surface area contributed by atoms with Crippen molar-refractivity contribution in [2.45, 2.75) is 97.8 Å². The highest BCUT2D eigenvalue weighted by Crippen LogP contribution is 2.33. The molecule has 3 N–H and O–H groups in total. The number of esters is 1. The Morgan fingerprint density at radius 2 is 1.44 bits per heavy atom. The number of carbonyl (C=O) groups is 3. The van der Waals surface area contributed by atoms with E-state index in [9.17, 15) is 19.5 Å². The van der Waals surface area contributed by atoms with Crippen LogP contribution in [0, 0.1) is 6.92 Å². The number of hydrogen-bond acceptors (Lipinski definition) is 5. The second kappa shape index (κ2) is 16.5. The Labute approximate surface area is 196 Å². The van der Waals surface area contributed by atoms with E-state index >= 15 is 0 Å². The highest BCUT2D eigenvalue weighted by atomic mass is 32.1. The first-order valence-corrected chi connectivity index (χ1v) is 12.8. The Morgan fingerprint density at radius 3 is 2.03 bits per heavy atom. The molecule has 1 aromatic rings. The number of aromatic carboxylic acids is 1. The molecule has 0 bridgehead atoms. The Balaban J connectivity index is 2.54. The highest BCUT2D eigenvalue weighted by molar-refractivity contribution is 7.18. The number of amides is 2. The summed E-state index contributed by atoms with van der Waals surface area (Å²) in [7, 11) is 0. The van der Waals surface area contributed by atoms with Gasteiger partial charge < -0.3 is 15.2 Å². The molecule has 0 atom stereocenters. The molecular weight excluding hydrogens is 428 g/mol. The van der Waals surface area contributed by atoms with Gasteiger partial charge in [-0.15, -0.1) is 11.3 Å². The second-order valence-electron chi connectivity index (χ2n) is 8.12. The van der Waals surface area contributed by atoms with Crippen LogP contribution in [-0.2, 0) is 4.74 Å². The highest BCUT2D eigenvalue weighted by Gasteiger charge is 2.26. The number of carboxylic acids is 1. The average molecular weight is 469 g/mol. The Hall–Kier alpha value is -2.09. The molecule has 1 aromatic heterocycles. The smallest absolute Gasteiger partial charge is 0.348 e. The van der Waals surface area contributed by atoms with Crippen LogP contribution in [0.5, 0.6) is 0 Å². The number of unbranched alkanes of at least 4 members (excludes halogenated alkanes) is 10. The van der Waals surface area contributed by atoms with Crippen LogP contribution < -0.4 is 10.6 Å².